The normalized spacial score (nSPS) is 10.7. The predicted octanol–water partition coefficient (Wildman–Crippen LogP) is 1.94. The summed E-state index contributed by atoms with van der Waals surface area (Å²) in [7, 11) is 0. The molecule has 8 nitrogen and oxygen atoms in total. The first-order valence-corrected chi connectivity index (χ1v) is 9.80. The van der Waals surface area contributed by atoms with Gasteiger partial charge in [0.25, 0.3) is 5.56 Å². The lowest BCUT2D eigenvalue weighted by atomic mass is 10.2. The first kappa shape index (κ1) is 20.1. The number of nitrogens with zero attached hydrogens (tertiary/aromatic N) is 4. The van der Waals surface area contributed by atoms with Gasteiger partial charge in [-0.25, -0.2) is 4.79 Å². The van der Waals surface area contributed by atoms with Crippen molar-refractivity contribution in [3.05, 3.63) is 117 Å². The van der Waals surface area contributed by atoms with Crippen LogP contribution in [0.4, 0.5) is 5.82 Å². The van der Waals surface area contributed by atoms with Crippen LogP contribution in [-0.2, 0) is 24.4 Å². The van der Waals surface area contributed by atoms with E-state index in [9.17, 15) is 14.4 Å². The number of nitrogens with one attached hydrogen (secondary N) is 1. The Hall–Kier alpha value is -4.20. The van der Waals surface area contributed by atoms with Crippen LogP contribution in [0.15, 0.2) is 94.8 Å². The van der Waals surface area contributed by atoms with Crippen LogP contribution < -0.4 is 16.6 Å². The van der Waals surface area contributed by atoms with Crippen molar-refractivity contribution < 1.29 is 4.79 Å². The molecular weight excluding hydrogens is 394 g/mol. The molecule has 2 aromatic heterocycles. The van der Waals surface area contributed by atoms with E-state index in [4.69, 9.17) is 0 Å². The van der Waals surface area contributed by atoms with Gasteiger partial charge in [0, 0.05) is 24.5 Å². The molecule has 156 valence electrons. The van der Waals surface area contributed by atoms with Crippen LogP contribution >= 0.6 is 0 Å². The Kier molecular flexibility index (Phi) is 5.89. The smallest absolute Gasteiger partial charge is 0.308 e. The maximum Gasteiger partial charge on any atom is 0.331 e. The second kappa shape index (κ2) is 9.08. The number of carbonyl (C=O) groups is 1. The van der Waals surface area contributed by atoms with Crippen LogP contribution in [0.1, 0.15) is 11.1 Å². The largest absolute Gasteiger partial charge is 0.331 e. The third-order valence-corrected chi connectivity index (χ3v) is 4.73. The molecule has 2 aromatic carbocycles. The second-order valence-corrected chi connectivity index (χ2v) is 7.07. The Balaban J connectivity index is 1.44. The van der Waals surface area contributed by atoms with Gasteiger partial charge >= 0.3 is 5.69 Å². The number of rotatable bonds is 7. The molecule has 8 heteroatoms. The molecule has 0 saturated heterocycles. The number of hydrogen-bond donors (Lipinski definition) is 1. The third kappa shape index (κ3) is 5.05. The highest BCUT2D eigenvalue weighted by molar-refractivity contribution is 5.89. The SMILES string of the molecule is O=C(Cn1c(=O)ccn(Cc2ccccc2)c1=O)Nc1ccn(Cc2ccccc2)n1. The Morgan fingerprint density at radius 1 is 0.806 bits per heavy atom. The van der Waals surface area contributed by atoms with Crippen LogP contribution in [0.25, 0.3) is 0 Å². The van der Waals surface area contributed by atoms with Crippen LogP contribution in [0, 0.1) is 0 Å². The van der Waals surface area contributed by atoms with E-state index >= 15 is 0 Å². The molecule has 0 aliphatic carbocycles. The first-order chi connectivity index (χ1) is 15.1. The minimum absolute atomic E-state index is 0.311. The molecule has 4 rings (SSSR count). The Labute approximate surface area is 178 Å². The van der Waals surface area contributed by atoms with Gasteiger partial charge in [-0.1, -0.05) is 60.7 Å². The second-order valence-electron chi connectivity index (χ2n) is 7.07. The Morgan fingerprint density at radius 3 is 2.13 bits per heavy atom. The zero-order valence-electron chi connectivity index (χ0n) is 16.7. The standard InChI is InChI=1S/C23H21N5O3/c29-21(24-20-11-14-27(25-20)16-19-9-5-2-6-10-19)17-28-22(30)12-13-26(23(28)31)15-18-7-3-1-4-8-18/h1-14H,15-17H2,(H,24,25,29). The number of carbonyl (C=O) groups excluding carboxylic acids is 1. The molecule has 0 aliphatic rings. The van der Waals surface area contributed by atoms with Crippen LogP contribution in [0.3, 0.4) is 0 Å². The zero-order chi connectivity index (χ0) is 21.6. The van der Waals surface area contributed by atoms with Crippen LogP contribution in [0.5, 0.6) is 0 Å². The van der Waals surface area contributed by atoms with Gasteiger partial charge in [-0.3, -0.25) is 23.4 Å². The third-order valence-electron chi connectivity index (χ3n) is 4.73. The molecule has 31 heavy (non-hydrogen) atoms. The zero-order valence-corrected chi connectivity index (χ0v) is 16.7. The van der Waals surface area contributed by atoms with E-state index in [-0.39, 0.29) is 0 Å². The highest BCUT2D eigenvalue weighted by atomic mass is 16.2. The molecule has 2 heterocycles. The predicted molar refractivity (Wildman–Crippen MR) is 117 cm³/mol. The molecule has 1 N–H and O–H groups in total. The minimum Gasteiger partial charge on any atom is -0.308 e. The fourth-order valence-corrected chi connectivity index (χ4v) is 3.22. The molecule has 0 bridgehead atoms. The van der Waals surface area contributed by atoms with E-state index in [1.165, 1.54) is 16.8 Å². The van der Waals surface area contributed by atoms with Gasteiger partial charge in [-0.15, -0.1) is 0 Å². The summed E-state index contributed by atoms with van der Waals surface area (Å²) in [4.78, 5) is 37.4. The molecular formula is C23H21N5O3. The summed E-state index contributed by atoms with van der Waals surface area (Å²) < 4.78 is 4.02. The van der Waals surface area contributed by atoms with Gasteiger partial charge < -0.3 is 5.32 Å². The van der Waals surface area contributed by atoms with Gasteiger partial charge in [0.2, 0.25) is 5.91 Å². The monoisotopic (exact) mass is 415 g/mol. The van der Waals surface area contributed by atoms with Gasteiger partial charge in [-0.05, 0) is 11.1 Å². The highest BCUT2D eigenvalue weighted by Gasteiger charge is 2.12. The van der Waals surface area contributed by atoms with Crippen LogP contribution in [-0.4, -0.2) is 24.8 Å². The van der Waals surface area contributed by atoms with Gasteiger partial charge in [0.15, 0.2) is 5.82 Å². The van der Waals surface area contributed by atoms with Crippen molar-refractivity contribution in [2.75, 3.05) is 5.32 Å². The average Bonchev–Trinajstić information content (AvgIpc) is 3.21. The van der Waals surface area contributed by atoms with Crippen molar-refractivity contribution in [2.24, 2.45) is 0 Å². The van der Waals surface area contributed by atoms with Crippen LogP contribution in [0.2, 0.25) is 0 Å². The van der Waals surface area contributed by atoms with E-state index in [2.05, 4.69) is 10.4 Å². The molecule has 0 radical (unpaired) electrons. The summed E-state index contributed by atoms with van der Waals surface area (Å²) in [6.45, 7) is 0.489. The van der Waals surface area contributed by atoms with Crippen molar-refractivity contribution in [3.63, 3.8) is 0 Å². The topological polar surface area (TPSA) is 90.9 Å². The summed E-state index contributed by atoms with van der Waals surface area (Å²) in [5.74, 6) is -0.142. The van der Waals surface area contributed by atoms with E-state index in [0.29, 0.717) is 18.9 Å². The van der Waals surface area contributed by atoms with Crippen molar-refractivity contribution in [1.29, 1.82) is 0 Å². The quantitative estimate of drug-likeness (QED) is 0.499. The summed E-state index contributed by atoms with van der Waals surface area (Å²) >= 11 is 0. The Bertz CT molecular complexity index is 1290. The maximum absolute atomic E-state index is 12.7. The molecule has 1 amide bonds. The number of aromatic nitrogens is 4. The summed E-state index contributed by atoms with van der Waals surface area (Å²) in [6, 6.07) is 22.2. The Morgan fingerprint density at radius 2 is 1.45 bits per heavy atom. The lowest BCUT2D eigenvalue weighted by Crippen LogP contribution is -2.41. The van der Waals surface area contributed by atoms with Crippen molar-refractivity contribution in [2.45, 2.75) is 19.6 Å². The fourth-order valence-electron chi connectivity index (χ4n) is 3.22. The molecule has 4 aromatic rings. The lowest BCUT2D eigenvalue weighted by molar-refractivity contribution is -0.116. The molecule has 0 atom stereocenters. The number of benzene rings is 2. The van der Waals surface area contributed by atoms with Crippen molar-refractivity contribution in [1.82, 2.24) is 18.9 Å². The molecule has 0 spiro atoms. The number of anilines is 1. The summed E-state index contributed by atoms with van der Waals surface area (Å²) in [6.07, 6.45) is 3.20. The molecule has 0 aliphatic heterocycles. The van der Waals surface area contributed by atoms with Crippen molar-refractivity contribution >= 4 is 11.7 Å². The fraction of sp³-hybridized carbons (Fsp3) is 0.130. The highest BCUT2D eigenvalue weighted by Crippen LogP contribution is 2.06. The van der Waals surface area contributed by atoms with Gasteiger partial charge in [0.1, 0.15) is 6.54 Å². The van der Waals surface area contributed by atoms with E-state index in [0.717, 1.165) is 15.7 Å². The lowest BCUT2D eigenvalue weighted by Gasteiger charge is -2.10. The molecule has 0 fully saturated rings. The number of amides is 1. The average molecular weight is 415 g/mol. The number of hydrogen-bond acceptors (Lipinski definition) is 4. The van der Waals surface area contributed by atoms with Gasteiger partial charge in [-0.2, -0.15) is 5.10 Å². The van der Waals surface area contributed by atoms with E-state index in [1.54, 1.807) is 16.9 Å². The summed E-state index contributed by atoms with van der Waals surface area (Å²) in [5.41, 5.74) is 0.932. The summed E-state index contributed by atoms with van der Waals surface area (Å²) in [5, 5.41) is 6.96. The minimum atomic E-state index is -0.541. The van der Waals surface area contributed by atoms with E-state index in [1.807, 2.05) is 60.7 Å². The molecule has 0 unspecified atom stereocenters. The molecule has 0 saturated carbocycles. The van der Waals surface area contributed by atoms with E-state index < -0.39 is 23.7 Å². The maximum atomic E-state index is 12.7. The van der Waals surface area contributed by atoms with Crippen molar-refractivity contribution in [3.8, 4) is 0 Å². The van der Waals surface area contributed by atoms with Gasteiger partial charge in [0.05, 0.1) is 13.1 Å². The first-order valence-electron chi connectivity index (χ1n) is 9.80.